The third-order valence-electron chi connectivity index (χ3n) is 5.06. The highest BCUT2D eigenvalue weighted by Crippen LogP contribution is 2.38. The molecule has 1 aliphatic rings. The van der Waals surface area contributed by atoms with Crippen molar-refractivity contribution in [3.8, 4) is 0 Å². The molecule has 176 valence electrons. The van der Waals surface area contributed by atoms with E-state index in [0.717, 1.165) is 36.1 Å². The third-order valence-corrected chi connectivity index (χ3v) is 6.47. The smallest absolute Gasteiger partial charge is 0.341 e. The number of thiophene rings is 1. The Morgan fingerprint density at radius 3 is 2.39 bits per heavy atom. The number of hydrogen-bond donors (Lipinski definition) is 2. The van der Waals surface area contributed by atoms with Gasteiger partial charge in [0.1, 0.15) is 5.00 Å². The van der Waals surface area contributed by atoms with Gasteiger partial charge in [0.2, 0.25) is 0 Å². The van der Waals surface area contributed by atoms with E-state index < -0.39 is 17.9 Å². The lowest BCUT2D eigenvalue weighted by atomic mass is 9.95. The van der Waals surface area contributed by atoms with Crippen molar-refractivity contribution < 1.29 is 28.6 Å². The van der Waals surface area contributed by atoms with Crippen LogP contribution in [0.4, 0.5) is 10.7 Å². The fourth-order valence-corrected chi connectivity index (χ4v) is 5.16. The number of anilines is 2. The van der Waals surface area contributed by atoms with Gasteiger partial charge in [0.15, 0.2) is 5.11 Å². The van der Waals surface area contributed by atoms with E-state index in [4.69, 9.17) is 26.4 Å². The predicted molar refractivity (Wildman–Crippen MR) is 130 cm³/mol. The summed E-state index contributed by atoms with van der Waals surface area (Å²) in [5.74, 6) is -1.50. The molecular weight excluding hydrogens is 464 g/mol. The Labute approximate surface area is 201 Å². The first-order chi connectivity index (χ1) is 15.9. The number of methoxy groups -OCH3 is 1. The molecule has 0 saturated carbocycles. The molecule has 2 aromatic rings. The molecule has 0 radical (unpaired) electrons. The number of rotatable bonds is 7. The fourth-order valence-electron chi connectivity index (χ4n) is 3.60. The summed E-state index contributed by atoms with van der Waals surface area (Å²) < 4.78 is 15.2. The van der Waals surface area contributed by atoms with Gasteiger partial charge >= 0.3 is 17.9 Å². The Balaban J connectivity index is 1.90. The van der Waals surface area contributed by atoms with Crippen molar-refractivity contribution in [3.63, 3.8) is 0 Å². The summed E-state index contributed by atoms with van der Waals surface area (Å²) in [5.41, 5.74) is 2.26. The van der Waals surface area contributed by atoms with Crippen LogP contribution in [-0.2, 0) is 27.1 Å². The van der Waals surface area contributed by atoms with Crippen molar-refractivity contribution in [3.05, 3.63) is 45.3 Å². The molecule has 0 aliphatic heterocycles. The molecule has 0 spiro atoms. The molecular formula is C23H26N2O6S2. The van der Waals surface area contributed by atoms with Gasteiger partial charge in [-0.3, -0.25) is 0 Å². The van der Waals surface area contributed by atoms with Crippen LogP contribution in [0.15, 0.2) is 18.2 Å². The molecule has 1 aromatic carbocycles. The molecule has 0 fully saturated rings. The zero-order valence-corrected chi connectivity index (χ0v) is 20.4. The molecule has 33 heavy (non-hydrogen) atoms. The van der Waals surface area contributed by atoms with Crippen LogP contribution in [0, 0.1) is 0 Å². The standard InChI is InChI=1S/C23H26N2O6S2/c1-4-30-20(26)13-10-11-14(21(27)31-5-2)16(12-13)24-23(32)25-19-18(22(28)29-3)15-8-6-7-9-17(15)33-19/h10-12H,4-9H2,1-3H3,(H2,24,25,32). The first kappa shape index (κ1) is 24.7. The number of esters is 3. The van der Waals surface area contributed by atoms with Crippen LogP contribution in [0.1, 0.15) is 68.2 Å². The maximum Gasteiger partial charge on any atom is 0.341 e. The zero-order chi connectivity index (χ0) is 24.0. The van der Waals surface area contributed by atoms with Crippen LogP contribution in [0.2, 0.25) is 0 Å². The highest BCUT2D eigenvalue weighted by molar-refractivity contribution is 7.80. The Kier molecular flexibility index (Phi) is 8.40. The second-order valence-corrected chi connectivity index (χ2v) is 8.70. The summed E-state index contributed by atoms with van der Waals surface area (Å²) in [6.45, 7) is 3.84. The van der Waals surface area contributed by atoms with E-state index >= 15 is 0 Å². The number of ether oxygens (including phenoxy) is 3. The van der Waals surface area contributed by atoms with Crippen LogP contribution in [-0.4, -0.2) is 43.3 Å². The quantitative estimate of drug-likeness (QED) is 0.328. The zero-order valence-electron chi connectivity index (χ0n) is 18.7. The minimum absolute atomic E-state index is 0.158. The van der Waals surface area contributed by atoms with Gasteiger partial charge in [0.05, 0.1) is 42.7 Å². The molecule has 0 unspecified atom stereocenters. The first-order valence-corrected chi connectivity index (χ1v) is 11.9. The minimum Gasteiger partial charge on any atom is -0.465 e. The van der Waals surface area contributed by atoms with Crippen molar-refractivity contribution in [2.24, 2.45) is 0 Å². The van der Waals surface area contributed by atoms with Crippen LogP contribution in [0.5, 0.6) is 0 Å². The van der Waals surface area contributed by atoms with Crippen molar-refractivity contribution in [2.75, 3.05) is 31.0 Å². The summed E-state index contributed by atoms with van der Waals surface area (Å²) in [6.07, 6.45) is 3.80. The summed E-state index contributed by atoms with van der Waals surface area (Å²) >= 11 is 6.95. The Morgan fingerprint density at radius 1 is 1.00 bits per heavy atom. The Bertz CT molecular complexity index is 1080. The third kappa shape index (κ3) is 5.69. The highest BCUT2D eigenvalue weighted by Gasteiger charge is 2.27. The Hall–Kier alpha value is -2.98. The molecule has 0 amide bonds. The van der Waals surface area contributed by atoms with Crippen LogP contribution >= 0.6 is 23.6 Å². The van der Waals surface area contributed by atoms with E-state index in [2.05, 4.69) is 10.6 Å². The topological polar surface area (TPSA) is 103 Å². The van der Waals surface area contributed by atoms with E-state index in [-0.39, 0.29) is 35.1 Å². The van der Waals surface area contributed by atoms with E-state index in [1.807, 2.05) is 0 Å². The molecule has 2 N–H and O–H groups in total. The van der Waals surface area contributed by atoms with E-state index in [9.17, 15) is 14.4 Å². The number of carbonyl (C=O) groups is 3. The van der Waals surface area contributed by atoms with Gasteiger partial charge in [-0.15, -0.1) is 11.3 Å². The molecule has 0 atom stereocenters. The molecule has 3 rings (SSSR count). The van der Waals surface area contributed by atoms with Gasteiger partial charge in [-0.25, -0.2) is 14.4 Å². The van der Waals surface area contributed by atoms with Gasteiger partial charge in [-0.2, -0.15) is 0 Å². The lowest BCUT2D eigenvalue weighted by Gasteiger charge is -2.15. The number of nitrogens with one attached hydrogen (secondary N) is 2. The van der Waals surface area contributed by atoms with E-state index in [0.29, 0.717) is 10.6 Å². The van der Waals surface area contributed by atoms with Crippen molar-refractivity contribution in [2.45, 2.75) is 39.5 Å². The number of hydrogen-bond acceptors (Lipinski definition) is 8. The number of fused-ring (bicyclic) bond motifs is 1. The molecule has 10 heteroatoms. The number of carbonyl (C=O) groups excluding carboxylic acids is 3. The minimum atomic E-state index is -0.556. The van der Waals surface area contributed by atoms with Crippen LogP contribution < -0.4 is 10.6 Å². The van der Waals surface area contributed by atoms with Crippen LogP contribution in [0.3, 0.4) is 0 Å². The maximum atomic E-state index is 12.5. The molecule has 0 bridgehead atoms. The summed E-state index contributed by atoms with van der Waals surface area (Å²) in [4.78, 5) is 38.2. The number of benzene rings is 1. The molecule has 8 nitrogen and oxygen atoms in total. The van der Waals surface area contributed by atoms with Gasteiger partial charge in [0, 0.05) is 4.88 Å². The summed E-state index contributed by atoms with van der Waals surface area (Å²) in [7, 11) is 1.35. The van der Waals surface area contributed by atoms with Crippen molar-refractivity contribution in [1.82, 2.24) is 0 Å². The highest BCUT2D eigenvalue weighted by atomic mass is 32.1. The summed E-state index contributed by atoms with van der Waals surface area (Å²) in [6, 6.07) is 4.46. The van der Waals surface area contributed by atoms with E-state index in [1.54, 1.807) is 13.8 Å². The van der Waals surface area contributed by atoms with E-state index in [1.165, 1.54) is 36.6 Å². The van der Waals surface area contributed by atoms with Gasteiger partial charge in [0.25, 0.3) is 0 Å². The lowest BCUT2D eigenvalue weighted by molar-refractivity contribution is 0.0512. The largest absolute Gasteiger partial charge is 0.465 e. The normalized spacial score (nSPS) is 12.3. The second-order valence-electron chi connectivity index (χ2n) is 7.19. The number of aryl methyl sites for hydroxylation is 1. The second kappa shape index (κ2) is 11.2. The van der Waals surface area contributed by atoms with Gasteiger partial charge in [-0.05, 0) is 75.5 Å². The van der Waals surface area contributed by atoms with Crippen molar-refractivity contribution >= 4 is 57.3 Å². The molecule has 1 aromatic heterocycles. The summed E-state index contributed by atoms with van der Waals surface area (Å²) in [5, 5.41) is 6.79. The number of thiocarbonyl (C=S) groups is 1. The predicted octanol–water partition coefficient (Wildman–Crippen LogP) is 4.58. The molecule has 0 saturated heterocycles. The Morgan fingerprint density at radius 2 is 1.70 bits per heavy atom. The molecule has 1 aliphatic carbocycles. The van der Waals surface area contributed by atoms with Crippen molar-refractivity contribution in [1.29, 1.82) is 0 Å². The monoisotopic (exact) mass is 490 g/mol. The molecule has 1 heterocycles. The van der Waals surface area contributed by atoms with Crippen LogP contribution in [0.25, 0.3) is 0 Å². The first-order valence-electron chi connectivity index (χ1n) is 10.7. The van der Waals surface area contributed by atoms with Gasteiger partial charge in [-0.1, -0.05) is 0 Å². The average molecular weight is 491 g/mol. The maximum absolute atomic E-state index is 12.5. The fraction of sp³-hybridized carbons (Fsp3) is 0.391. The van der Waals surface area contributed by atoms with Gasteiger partial charge < -0.3 is 24.8 Å². The lowest BCUT2D eigenvalue weighted by Crippen LogP contribution is -2.22. The average Bonchev–Trinajstić information content (AvgIpc) is 3.16. The SMILES string of the molecule is CCOC(=O)c1ccc(C(=O)OCC)c(NC(=S)Nc2sc3c(c2C(=O)OC)CCCC3)c1.